The molecule has 0 bridgehead atoms. The molecule has 5 nitrogen and oxygen atoms in total. The van der Waals surface area contributed by atoms with Gasteiger partial charge in [0, 0.05) is 18.8 Å². The summed E-state index contributed by atoms with van der Waals surface area (Å²) in [6.45, 7) is 9.15. The lowest BCUT2D eigenvalue weighted by Crippen LogP contribution is -2.39. The maximum absolute atomic E-state index is 12.4. The lowest BCUT2D eigenvalue weighted by molar-refractivity contribution is -0.143. The van der Waals surface area contributed by atoms with Crippen LogP contribution in [0.4, 0.5) is 10.5 Å². The van der Waals surface area contributed by atoms with Gasteiger partial charge < -0.3 is 15.0 Å². The number of aryl methyl sites for hydroxylation is 1. The van der Waals surface area contributed by atoms with E-state index in [4.69, 9.17) is 4.74 Å². The van der Waals surface area contributed by atoms with Gasteiger partial charge in [0.15, 0.2) is 0 Å². The Morgan fingerprint density at radius 3 is 2.41 bits per heavy atom. The first-order chi connectivity index (χ1) is 10.4. The Kier molecular flexibility index (Phi) is 7.43. The summed E-state index contributed by atoms with van der Waals surface area (Å²) in [5, 5.41) is 2.87. The zero-order chi connectivity index (χ0) is 16.5. The number of carbonyl (C=O) groups is 2. The van der Waals surface area contributed by atoms with Crippen molar-refractivity contribution in [2.75, 3.05) is 25.0 Å². The summed E-state index contributed by atoms with van der Waals surface area (Å²) in [6, 6.07) is 7.43. The molecule has 0 aliphatic carbocycles. The monoisotopic (exact) mass is 306 g/mol. The van der Waals surface area contributed by atoms with Crippen LogP contribution in [0, 0.1) is 12.8 Å². The summed E-state index contributed by atoms with van der Waals surface area (Å²) in [5.74, 6) is 0.0466. The van der Waals surface area contributed by atoms with Crippen molar-refractivity contribution in [3.05, 3.63) is 29.8 Å². The minimum atomic E-state index is -0.278. The highest BCUT2D eigenvalue weighted by atomic mass is 16.5. The second-order valence-electron chi connectivity index (χ2n) is 5.69. The van der Waals surface area contributed by atoms with E-state index in [0.29, 0.717) is 25.6 Å². The first-order valence-corrected chi connectivity index (χ1v) is 7.70. The number of rotatable bonds is 7. The van der Waals surface area contributed by atoms with Gasteiger partial charge in [-0.15, -0.1) is 0 Å². The number of esters is 1. The van der Waals surface area contributed by atoms with Gasteiger partial charge in [-0.05, 0) is 31.9 Å². The first kappa shape index (κ1) is 18.0. The van der Waals surface area contributed by atoms with Crippen molar-refractivity contribution >= 4 is 17.7 Å². The molecule has 22 heavy (non-hydrogen) atoms. The van der Waals surface area contributed by atoms with Crippen LogP contribution in [-0.4, -0.2) is 36.6 Å². The minimum Gasteiger partial charge on any atom is -0.466 e. The summed E-state index contributed by atoms with van der Waals surface area (Å²) in [7, 11) is 0. The highest BCUT2D eigenvalue weighted by molar-refractivity contribution is 5.89. The van der Waals surface area contributed by atoms with Crippen LogP contribution in [-0.2, 0) is 9.53 Å². The summed E-state index contributed by atoms with van der Waals surface area (Å²) >= 11 is 0. The number of hydrogen-bond acceptors (Lipinski definition) is 3. The minimum absolute atomic E-state index is 0.193. The molecular weight excluding hydrogens is 280 g/mol. The molecule has 0 radical (unpaired) electrons. The van der Waals surface area contributed by atoms with Gasteiger partial charge in [0.05, 0.1) is 13.0 Å². The Morgan fingerprint density at radius 2 is 1.86 bits per heavy atom. The zero-order valence-electron chi connectivity index (χ0n) is 13.9. The number of anilines is 1. The molecule has 5 heteroatoms. The van der Waals surface area contributed by atoms with E-state index in [0.717, 1.165) is 11.3 Å². The number of hydrogen-bond donors (Lipinski definition) is 1. The van der Waals surface area contributed by atoms with Gasteiger partial charge >= 0.3 is 12.0 Å². The number of carbonyl (C=O) groups excluding carboxylic acids is 2. The number of nitrogens with zero attached hydrogens (tertiary/aromatic N) is 1. The van der Waals surface area contributed by atoms with Gasteiger partial charge in [-0.1, -0.05) is 31.5 Å². The first-order valence-electron chi connectivity index (χ1n) is 7.70. The number of urea groups is 1. The predicted molar refractivity (Wildman–Crippen MR) is 87.9 cm³/mol. The van der Waals surface area contributed by atoms with E-state index in [1.54, 1.807) is 11.8 Å². The molecule has 1 rings (SSSR count). The van der Waals surface area contributed by atoms with E-state index in [1.165, 1.54) is 0 Å². The van der Waals surface area contributed by atoms with Gasteiger partial charge in [-0.3, -0.25) is 4.79 Å². The summed E-state index contributed by atoms with van der Waals surface area (Å²) in [6.07, 6.45) is 0.210. The second kappa shape index (κ2) is 9.07. The predicted octanol–water partition coefficient (Wildman–Crippen LogP) is 3.44. The van der Waals surface area contributed by atoms with Gasteiger partial charge in [0.1, 0.15) is 0 Å². The normalized spacial score (nSPS) is 10.4. The number of ether oxygens (including phenoxy) is 1. The fourth-order valence-corrected chi connectivity index (χ4v) is 2.02. The van der Waals surface area contributed by atoms with E-state index in [1.807, 2.05) is 45.0 Å². The zero-order valence-corrected chi connectivity index (χ0v) is 13.9. The highest BCUT2D eigenvalue weighted by Crippen LogP contribution is 2.11. The standard InChI is InChI=1S/C17H26N2O3/c1-5-22-16(20)10-11-19(12-13(2)3)17(21)18-15-8-6-14(4)7-9-15/h6-9,13H,5,10-12H2,1-4H3,(H,18,21). The number of amides is 2. The van der Waals surface area contributed by atoms with Crippen molar-refractivity contribution in [2.24, 2.45) is 5.92 Å². The van der Waals surface area contributed by atoms with Gasteiger partial charge in [-0.2, -0.15) is 0 Å². The molecular formula is C17H26N2O3. The van der Waals surface area contributed by atoms with E-state index in [2.05, 4.69) is 5.32 Å². The van der Waals surface area contributed by atoms with Crippen molar-refractivity contribution in [3.63, 3.8) is 0 Å². The summed E-state index contributed by atoms with van der Waals surface area (Å²) in [5.41, 5.74) is 1.89. The lowest BCUT2D eigenvalue weighted by Gasteiger charge is -2.24. The van der Waals surface area contributed by atoms with Crippen LogP contribution < -0.4 is 5.32 Å². The molecule has 1 N–H and O–H groups in total. The molecule has 1 aromatic carbocycles. The Morgan fingerprint density at radius 1 is 1.23 bits per heavy atom. The molecule has 0 aliphatic heterocycles. The van der Waals surface area contributed by atoms with Crippen LogP contribution in [0.2, 0.25) is 0 Å². The molecule has 1 aromatic rings. The van der Waals surface area contributed by atoms with Crippen molar-refractivity contribution in [3.8, 4) is 0 Å². The van der Waals surface area contributed by atoms with Gasteiger partial charge in [-0.25, -0.2) is 4.79 Å². The quantitative estimate of drug-likeness (QED) is 0.785. The van der Waals surface area contributed by atoms with Crippen molar-refractivity contribution in [1.82, 2.24) is 4.90 Å². The van der Waals surface area contributed by atoms with Crippen LogP contribution in [0.15, 0.2) is 24.3 Å². The van der Waals surface area contributed by atoms with E-state index >= 15 is 0 Å². The SMILES string of the molecule is CCOC(=O)CCN(CC(C)C)C(=O)Nc1ccc(C)cc1. The molecule has 0 fully saturated rings. The molecule has 0 saturated carbocycles. The molecule has 0 atom stereocenters. The maximum Gasteiger partial charge on any atom is 0.321 e. The second-order valence-corrected chi connectivity index (χ2v) is 5.69. The molecule has 0 aromatic heterocycles. The van der Waals surface area contributed by atoms with E-state index < -0.39 is 0 Å². The lowest BCUT2D eigenvalue weighted by atomic mass is 10.2. The summed E-state index contributed by atoms with van der Waals surface area (Å²) in [4.78, 5) is 25.5. The molecule has 0 aliphatic rings. The highest BCUT2D eigenvalue weighted by Gasteiger charge is 2.16. The van der Waals surface area contributed by atoms with Crippen molar-refractivity contribution in [1.29, 1.82) is 0 Å². The third-order valence-electron chi connectivity index (χ3n) is 3.07. The topological polar surface area (TPSA) is 58.6 Å². The molecule has 0 unspecified atom stereocenters. The third kappa shape index (κ3) is 6.61. The average Bonchev–Trinajstić information content (AvgIpc) is 2.45. The van der Waals surface area contributed by atoms with Crippen LogP contribution >= 0.6 is 0 Å². The number of benzene rings is 1. The Hall–Kier alpha value is -2.04. The van der Waals surface area contributed by atoms with Crippen LogP contribution in [0.1, 0.15) is 32.8 Å². The van der Waals surface area contributed by atoms with Gasteiger partial charge in [0.25, 0.3) is 0 Å². The Labute approximate surface area is 132 Å². The molecule has 0 heterocycles. The largest absolute Gasteiger partial charge is 0.466 e. The number of nitrogens with one attached hydrogen (secondary N) is 1. The maximum atomic E-state index is 12.4. The Bertz CT molecular complexity index is 483. The van der Waals surface area contributed by atoms with Crippen LogP contribution in [0.5, 0.6) is 0 Å². The van der Waals surface area contributed by atoms with E-state index in [9.17, 15) is 9.59 Å². The van der Waals surface area contributed by atoms with Crippen LogP contribution in [0.3, 0.4) is 0 Å². The summed E-state index contributed by atoms with van der Waals surface area (Å²) < 4.78 is 4.91. The molecule has 0 saturated heterocycles. The molecule has 2 amide bonds. The third-order valence-corrected chi connectivity index (χ3v) is 3.07. The van der Waals surface area contributed by atoms with Crippen LogP contribution in [0.25, 0.3) is 0 Å². The van der Waals surface area contributed by atoms with E-state index in [-0.39, 0.29) is 18.4 Å². The molecule has 122 valence electrons. The fraction of sp³-hybridized carbons (Fsp3) is 0.529. The fourth-order valence-electron chi connectivity index (χ4n) is 2.02. The van der Waals surface area contributed by atoms with Crippen molar-refractivity contribution in [2.45, 2.75) is 34.1 Å². The van der Waals surface area contributed by atoms with Crippen molar-refractivity contribution < 1.29 is 14.3 Å². The molecule has 0 spiro atoms. The smallest absolute Gasteiger partial charge is 0.321 e. The average molecular weight is 306 g/mol. The van der Waals surface area contributed by atoms with Gasteiger partial charge in [0.2, 0.25) is 0 Å². The Balaban J connectivity index is 2.63.